The maximum atomic E-state index is 13.3. The molecule has 0 atom stereocenters. The Hall–Kier alpha value is -2.57. The van der Waals surface area contributed by atoms with Crippen molar-refractivity contribution in [3.63, 3.8) is 0 Å². The van der Waals surface area contributed by atoms with Crippen LogP contribution < -0.4 is 4.90 Å². The lowest BCUT2D eigenvalue weighted by molar-refractivity contribution is -0.114. The molecule has 0 aliphatic carbocycles. The minimum atomic E-state index is -0.105. The van der Waals surface area contributed by atoms with Gasteiger partial charge in [0.2, 0.25) is 0 Å². The zero-order valence-corrected chi connectivity index (χ0v) is 17.3. The third kappa shape index (κ3) is 3.47. The van der Waals surface area contributed by atoms with Gasteiger partial charge in [-0.15, -0.1) is 0 Å². The normalized spacial score (nSPS) is 20.2. The number of carbonyl (C=O) groups excluding carboxylic acids is 1. The third-order valence-corrected chi connectivity index (χ3v) is 6.34. The first-order valence-corrected chi connectivity index (χ1v) is 11.1. The molecule has 2 aromatic carbocycles. The lowest BCUT2D eigenvalue weighted by atomic mass is 10.00. The lowest BCUT2D eigenvalue weighted by Gasteiger charge is -2.25. The highest BCUT2D eigenvalue weighted by Gasteiger charge is 2.35. The van der Waals surface area contributed by atoms with Gasteiger partial charge in [-0.3, -0.25) is 14.7 Å². The summed E-state index contributed by atoms with van der Waals surface area (Å²) >= 11 is 8.25. The molecule has 0 spiro atoms. The number of benzene rings is 2. The van der Waals surface area contributed by atoms with Crippen molar-refractivity contribution < 1.29 is 4.79 Å². The van der Waals surface area contributed by atoms with E-state index in [2.05, 4.69) is 9.89 Å². The second-order valence-electron chi connectivity index (χ2n) is 7.02. The van der Waals surface area contributed by atoms with Crippen LogP contribution in [0.15, 0.2) is 70.4 Å². The van der Waals surface area contributed by atoms with Crippen molar-refractivity contribution in [2.75, 3.05) is 36.0 Å². The number of carbonyl (C=O) groups is 1. The van der Waals surface area contributed by atoms with Gasteiger partial charge in [0.25, 0.3) is 5.91 Å². The average Bonchev–Trinajstić information content (AvgIpc) is 2.96. The molecule has 3 aliphatic rings. The van der Waals surface area contributed by atoms with E-state index < -0.39 is 0 Å². The fourth-order valence-corrected chi connectivity index (χ4v) is 4.86. The van der Waals surface area contributed by atoms with Gasteiger partial charge in [0.15, 0.2) is 0 Å². The quantitative estimate of drug-likeness (QED) is 0.691. The number of rotatable bonds is 2. The summed E-state index contributed by atoms with van der Waals surface area (Å²) in [4.78, 5) is 26.6. The number of hydrogen-bond acceptors (Lipinski definition) is 5. The van der Waals surface area contributed by atoms with Crippen LogP contribution in [-0.2, 0) is 4.79 Å². The second-order valence-corrected chi connectivity index (χ2v) is 8.68. The minimum Gasteiger partial charge on any atom is -0.374 e. The zero-order valence-electron chi connectivity index (χ0n) is 15.7. The Morgan fingerprint density at radius 1 is 1.07 bits per heavy atom. The lowest BCUT2D eigenvalue weighted by Crippen LogP contribution is -2.34. The van der Waals surface area contributed by atoms with Gasteiger partial charge in [-0.05, 0) is 18.2 Å². The van der Waals surface area contributed by atoms with Crippen LogP contribution in [0.3, 0.4) is 0 Å². The minimum absolute atomic E-state index is 0.105. The Bertz CT molecular complexity index is 1060. The number of thioether (sulfide) groups is 1. The Kier molecular flexibility index (Phi) is 4.89. The zero-order chi connectivity index (χ0) is 19.8. The van der Waals surface area contributed by atoms with E-state index in [0.717, 1.165) is 47.1 Å². The molecule has 1 amide bonds. The number of aliphatic imine (C=N–C) groups is 2. The first-order chi connectivity index (χ1) is 14.2. The molecule has 0 radical (unpaired) electrons. The molecule has 0 saturated carbocycles. The standard InChI is InChI=1S/C22H19ClN4OS/c23-16-6-7-19-17(12-16)21(15-4-2-1-3-5-15)24-13-20-25-18(22(28)27(19)20)14-26-8-10-29-11-9-26/h1-7,12,14H,8-11,13H2/b18-14-. The monoisotopic (exact) mass is 422 g/mol. The maximum Gasteiger partial charge on any atom is 0.284 e. The maximum absolute atomic E-state index is 13.3. The highest BCUT2D eigenvalue weighted by molar-refractivity contribution is 7.99. The highest BCUT2D eigenvalue weighted by atomic mass is 35.5. The van der Waals surface area contributed by atoms with Crippen LogP contribution >= 0.6 is 23.4 Å². The number of nitrogens with zero attached hydrogens (tertiary/aromatic N) is 4. The Morgan fingerprint density at radius 2 is 1.86 bits per heavy atom. The number of halogens is 1. The summed E-state index contributed by atoms with van der Waals surface area (Å²) in [7, 11) is 0. The molecule has 0 N–H and O–H groups in total. The summed E-state index contributed by atoms with van der Waals surface area (Å²) in [5.74, 6) is 2.70. The van der Waals surface area contributed by atoms with Crippen molar-refractivity contribution >= 4 is 46.5 Å². The van der Waals surface area contributed by atoms with Gasteiger partial charge in [-0.25, -0.2) is 4.99 Å². The van der Waals surface area contributed by atoms with Crippen LogP contribution in [0.1, 0.15) is 11.1 Å². The van der Waals surface area contributed by atoms with Crippen molar-refractivity contribution in [3.8, 4) is 0 Å². The molecule has 146 valence electrons. The Balaban J connectivity index is 1.59. The Labute approximate surface area is 178 Å². The third-order valence-electron chi connectivity index (χ3n) is 5.16. The molecule has 1 saturated heterocycles. The van der Waals surface area contributed by atoms with Crippen molar-refractivity contribution in [3.05, 3.63) is 76.6 Å². The van der Waals surface area contributed by atoms with E-state index in [-0.39, 0.29) is 5.91 Å². The number of anilines is 1. The van der Waals surface area contributed by atoms with Crippen LogP contribution in [-0.4, -0.2) is 53.5 Å². The van der Waals surface area contributed by atoms with Crippen molar-refractivity contribution in [1.82, 2.24) is 4.90 Å². The first-order valence-electron chi connectivity index (χ1n) is 9.56. The molecule has 3 heterocycles. The van der Waals surface area contributed by atoms with Crippen LogP contribution in [0.4, 0.5) is 5.69 Å². The molecule has 5 nitrogen and oxygen atoms in total. The van der Waals surface area contributed by atoms with E-state index in [1.165, 1.54) is 0 Å². The van der Waals surface area contributed by atoms with Gasteiger partial charge < -0.3 is 4.90 Å². The highest BCUT2D eigenvalue weighted by Crippen LogP contribution is 2.33. The first kappa shape index (κ1) is 18.5. The summed E-state index contributed by atoms with van der Waals surface area (Å²) in [6.07, 6.45) is 1.90. The summed E-state index contributed by atoms with van der Waals surface area (Å²) < 4.78 is 0. The SMILES string of the molecule is O=C1/C(=C/N2CCSCC2)N=C2CN=C(c3ccccc3)c3cc(Cl)ccc3N12. The fraction of sp³-hybridized carbons (Fsp3) is 0.227. The molecule has 5 rings (SSSR count). The van der Waals surface area contributed by atoms with Crippen molar-refractivity contribution in [2.24, 2.45) is 9.98 Å². The van der Waals surface area contributed by atoms with Gasteiger partial charge >= 0.3 is 0 Å². The van der Waals surface area contributed by atoms with Crippen LogP contribution in [0.5, 0.6) is 0 Å². The van der Waals surface area contributed by atoms with E-state index in [4.69, 9.17) is 16.6 Å². The van der Waals surface area contributed by atoms with E-state index in [1.807, 2.05) is 66.5 Å². The largest absolute Gasteiger partial charge is 0.374 e. The van der Waals surface area contributed by atoms with Gasteiger partial charge in [0.05, 0.1) is 17.9 Å². The molecule has 3 aliphatic heterocycles. The van der Waals surface area contributed by atoms with Crippen molar-refractivity contribution in [1.29, 1.82) is 0 Å². The van der Waals surface area contributed by atoms with Gasteiger partial charge in [-0.1, -0.05) is 41.9 Å². The molecule has 1 fully saturated rings. The van der Waals surface area contributed by atoms with E-state index in [1.54, 1.807) is 4.90 Å². The molecule has 0 aromatic heterocycles. The molecule has 7 heteroatoms. The summed E-state index contributed by atoms with van der Waals surface area (Å²) in [5.41, 5.74) is 3.92. The Morgan fingerprint density at radius 3 is 2.66 bits per heavy atom. The predicted molar refractivity (Wildman–Crippen MR) is 120 cm³/mol. The predicted octanol–water partition coefficient (Wildman–Crippen LogP) is 3.83. The van der Waals surface area contributed by atoms with Crippen LogP contribution in [0.2, 0.25) is 5.02 Å². The fourth-order valence-electron chi connectivity index (χ4n) is 3.76. The smallest absolute Gasteiger partial charge is 0.284 e. The summed E-state index contributed by atoms with van der Waals surface area (Å²) in [6, 6.07) is 15.5. The molecule has 29 heavy (non-hydrogen) atoms. The number of amidine groups is 1. The average molecular weight is 423 g/mol. The molecule has 0 bridgehead atoms. The van der Waals surface area contributed by atoms with Crippen LogP contribution in [0.25, 0.3) is 0 Å². The number of fused-ring (bicyclic) bond motifs is 3. The molecule has 2 aromatic rings. The molecule has 0 unspecified atom stereocenters. The van der Waals surface area contributed by atoms with Gasteiger partial charge in [0.1, 0.15) is 11.5 Å². The topological polar surface area (TPSA) is 48.3 Å². The van der Waals surface area contributed by atoms with E-state index >= 15 is 0 Å². The van der Waals surface area contributed by atoms with Crippen LogP contribution in [0, 0.1) is 0 Å². The summed E-state index contributed by atoms with van der Waals surface area (Å²) in [6.45, 7) is 2.22. The second kappa shape index (κ2) is 7.69. The summed E-state index contributed by atoms with van der Waals surface area (Å²) in [5, 5.41) is 0.612. The molecular weight excluding hydrogens is 404 g/mol. The van der Waals surface area contributed by atoms with E-state index in [0.29, 0.717) is 23.1 Å². The van der Waals surface area contributed by atoms with Crippen molar-refractivity contribution in [2.45, 2.75) is 0 Å². The van der Waals surface area contributed by atoms with Gasteiger partial charge in [0, 0.05) is 46.9 Å². The van der Waals surface area contributed by atoms with Gasteiger partial charge in [-0.2, -0.15) is 11.8 Å². The number of hydrogen-bond donors (Lipinski definition) is 0. The molecular formula is C22H19ClN4OS. The number of amides is 1. The van der Waals surface area contributed by atoms with E-state index in [9.17, 15) is 4.79 Å².